The van der Waals surface area contributed by atoms with Crippen LogP contribution in [0.4, 0.5) is 34.1 Å². The number of anilines is 6. The maximum atomic E-state index is 3.21. The van der Waals surface area contributed by atoms with Gasteiger partial charge in [-0.05, 0) is 103 Å². The third-order valence-corrected chi connectivity index (χ3v) is 18.2. The first kappa shape index (κ1) is 37.5. The molecule has 0 radical (unpaired) electrons. The molecule has 1 atom stereocenters. The molecule has 0 amide bonds. The molecule has 8 aromatic rings. The minimum atomic E-state index is -0.548. The van der Waals surface area contributed by atoms with E-state index >= 15 is 0 Å². The largest absolute Gasteiger partial charge is 0.309 e. The third-order valence-electron chi connectivity index (χ3n) is 13.4. The molecule has 6 heteroatoms. The first-order chi connectivity index (χ1) is 29.7. The van der Waals surface area contributed by atoms with E-state index in [1.165, 1.54) is 116 Å². The van der Waals surface area contributed by atoms with Crippen molar-refractivity contribution in [3.8, 4) is 11.1 Å². The maximum Gasteiger partial charge on any atom is 0.242 e. The molecular formula is C55H46BN2P3. The third kappa shape index (κ3) is 5.89. The number of nitrogens with zero attached hydrogens (tertiary/aromatic N) is 2. The van der Waals surface area contributed by atoms with Gasteiger partial charge < -0.3 is 9.80 Å². The van der Waals surface area contributed by atoms with Crippen LogP contribution < -0.4 is 47.4 Å². The first-order valence-corrected chi connectivity index (χ1v) is 25.5. The van der Waals surface area contributed by atoms with Gasteiger partial charge in [0.2, 0.25) is 6.71 Å². The van der Waals surface area contributed by atoms with Gasteiger partial charge in [0, 0.05) is 26.8 Å². The number of benzene rings is 8. The van der Waals surface area contributed by atoms with E-state index in [0.717, 1.165) is 12.8 Å². The van der Waals surface area contributed by atoms with Crippen LogP contribution in [-0.4, -0.2) is 6.71 Å². The van der Waals surface area contributed by atoms with E-state index in [1.807, 2.05) is 0 Å². The van der Waals surface area contributed by atoms with E-state index in [0.29, 0.717) is 8.58 Å². The monoisotopic (exact) mass is 838 g/mol. The van der Waals surface area contributed by atoms with Crippen molar-refractivity contribution in [1.29, 1.82) is 0 Å². The van der Waals surface area contributed by atoms with Crippen molar-refractivity contribution in [2.75, 3.05) is 9.80 Å². The summed E-state index contributed by atoms with van der Waals surface area (Å²) in [5.41, 5.74) is 23.1. The number of rotatable bonds is 3. The van der Waals surface area contributed by atoms with Gasteiger partial charge in [0.1, 0.15) is 0 Å². The molecule has 0 N–H and O–H groups in total. The molecule has 0 fully saturated rings. The standard InChI is InChI=1S/C55H46BN2P3/c1-34-26-38-28-36-30-48(57-44-18-8-12-22-50(44)60-51-23-13-9-19-45(51)57)40(35-16-6-5-7-17-35)32-42(36)56-43-33-41(55(2,3)4)49(31-37(43)29-39(27-34)54(38)56)58-46-20-10-14-24-52(46)61(59)53-25-15-11-21-47(53)58/h5-27,30-33,60H,28-29,59H2,1-4H3. The molecule has 1 unspecified atom stereocenters. The van der Waals surface area contributed by atoms with Crippen molar-refractivity contribution in [2.24, 2.45) is 0 Å². The minimum absolute atomic E-state index is 0.111. The quantitative estimate of drug-likeness (QED) is 0.129. The van der Waals surface area contributed by atoms with Gasteiger partial charge in [0.05, 0.1) is 34.1 Å². The molecule has 12 rings (SSSR count). The summed E-state index contributed by atoms with van der Waals surface area (Å²) in [5, 5.41) is 5.61. The van der Waals surface area contributed by atoms with Crippen LogP contribution in [0.2, 0.25) is 0 Å². The molecule has 0 aromatic heterocycles. The van der Waals surface area contributed by atoms with Crippen molar-refractivity contribution >= 4 is 104 Å². The van der Waals surface area contributed by atoms with Gasteiger partial charge in [-0.2, -0.15) is 0 Å². The second-order valence-electron chi connectivity index (χ2n) is 18.2. The molecule has 0 spiro atoms. The molecule has 8 aromatic carbocycles. The fraction of sp³-hybridized carbons (Fsp3) is 0.127. The van der Waals surface area contributed by atoms with Gasteiger partial charge in [-0.1, -0.05) is 179 Å². The van der Waals surface area contributed by atoms with Crippen molar-refractivity contribution in [3.63, 3.8) is 0 Å². The fourth-order valence-corrected chi connectivity index (χ4v) is 15.0. The molecule has 0 aliphatic carbocycles. The maximum absolute atomic E-state index is 3.21. The van der Waals surface area contributed by atoms with E-state index < -0.39 is 7.61 Å². The number of para-hydroxylation sites is 4. The lowest BCUT2D eigenvalue weighted by Gasteiger charge is -2.41. The molecule has 294 valence electrons. The van der Waals surface area contributed by atoms with Gasteiger partial charge in [0.15, 0.2) is 0 Å². The van der Waals surface area contributed by atoms with Gasteiger partial charge in [-0.3, -0.25) is 0 Å². The fourth-order valence-electron chi connectivity index (χ4n) is 10.8. The summed E-state index contributed by atoms with van der Waals surface area (Å²) >= 11 is 0. The lowest BCUT2D eigenvalue weighted by atomic mass is 9.30. The second-order valence-corrected chi connectivity index (χ2v) is 22.8. The smallest absolute Gasteiger partial charge is 0.242 e. The normalized spacial score (nSPS) is 14.6. The summed E-state index contributed by atoms with van der Waals surface area (Å²) in [6, 6.07) is 62.7. The van der Waals surface area contributed by atoms with Crippen LogP contribution in [0.25, 0.3) is 11.1 Å². The Labute approximate surface area is 365 Å². The van der Waals surface area contributed by atoms with Crippen LogP contribution in [0.1, 0.15) is 54.2 Å². The SMILES string of the molecule is Cc1cc2c3c(c1)Cc1cc(N4c5ccccc5P(P)c5ccccc54)c(C(C)(C)C)cc1B3c1cc(-c3ccccc3)c(N3c4ccccc4Pc4ccccc43)cc1C2. The first-order valence-electron chi connectivity index (χ1n) is 21.5. The Morgan fingerprint density at radius 2 is 1.02 bits per heavy atom. The van der Waals surface area contributed by atoms with Gasteiger partial charge in [-0.25, -0.2) is 0 Å². The molecule has 4 aliphatic heterocycles. The van der Waals surface area contributed by atoms with Crippen LogP contribution in [0.3, 0.4) is 0 Å². The average molecular weight is 839 g/mol. The van der Waals surface area contributed by atoms with Crippen LogP contribution in [0.15, 0.2) is 164 Å². The molecule has 0 bridgehead atoms. The average Bonchev–Trinajstić information content (AvgIpc) is 3.27. The van der Waals surface area contributed by atoms with Crippen LogP contribution in [0.5, 0.6) is 0 Å². The van der Waals surface area contributed by atoms with E-state index in [4.69, 9.17) is 0 Å². The van der Waals surface area contributed by atoms with Crippen molar-refractivity contribution in [1.82, 2.24) is 0 Å². The zero-order chi connectivity index (χ0) is 41.1. The van der Waals surface area contributed by atoms with Crippen molar-refractivity contribution < 1.29 is 0 Å². The summed E-state index contributed by atoms with van der Waals surface area (Å²) < 4.78 is 0. The molecule has 4 heterocycles. The van der Waals surface area contributed by atoms with E-state index in [2.05, 4.69) is 210 Å². The molecule has 0 saturated carbocycles. The Morgan fingerprint density at radius 3 is 1.61 bits per heavy atom. The number of hydrogen-bond acceptors (Lipinski definition) is 2. The lowest BCUT2D eigenvalue weighted by Crippen LogP contribution is -2.61. The van der Waals surface area contributed by atoms with Crippen LogP contribution in [0, 0.1) is 6.92 Å². The summed E-state index contributed by atoms with van der Waals surface area (Å²) in [6.07, 6.45) is 1.86. The predicted octanol–water partition coefficient (Wildman–Crippen LogP) is 10.7. The topological polar surface area (TPSA) is 6.48 Å². The summed E-state index contributed by atoms with van der Waals surface area (Å²) in [4.78, 5) is 5.16. The number of aryl methyl sites for hydroxylation is 1. The summed E-state index contributed by atoms with van der Waals surface area (Å²) in [7, 11) is 3.29. The van der Waals surface area contributed by atoms with Gasteiger partial charge >= 0.3 is 0 Å². The highest BCUT2D eigenvalue weighted by Gasteiger charge is 2.41. The molecular weight excluding hydrogens is 792 g/mol. The zero-order valence-corrected chi connectivity index (χ0v) is 38.0. The minimum Gasteiger partial charge on any atom is -0.309 e. The summed E-state index contributed by atoms with van der Waals surface area (Å²) in [6.45, 7) is 9.63. The van der Waals surface area contributed by atoms with Crippen LogP contribution >= 0.6 is 25.1 Å². The highest BCUT2D eigenvalue weighted by molar-refractivity contribution is 8.21. The van der Waals surface area contributed by atoms with Crippen molar-refractivity contribution in [2.45, 2.75) is 46.0 Å². The van der Waals surface area contributed by atoms with Gasteiger partial charge in [0.25, 0.3) is 0 Å². The Kier molecular flexibility index (Phi) is 8.68. The van der Waals surface area contributed by atoms with E-state index in [9.17, 15) is 0 Å². The molecule has 0 saturated heterocycles. The van der Waals surface area contributed by atoms with E-state index in [1.54, 1.807) is 0 Å². The predicted molar refractivity (Wildman–Crippen MR) is 271 cm³/mol. The van der Waals surface area contributed by atoms with Crippen molar-refractivity contribution in [3.05, 3.63) is 197 Å². The Morgan fingerprint density at radius 1 is 0.525 bits per heavy atom. The number of hydrogen-bond donors (Lipinski definition) is 0. The second kappa shape index (κ2) is 14.1. The number of fused-ring (bicyclic) bond motifs is 8. The summed E-state index contributed by atoms with van der Waals surface area (Å²) in [5.74, 6) is 0. The molecule has 2 nitrogen and oxygen atoms in total. The molecule has 4 aliphatic rings. The lowest BCUT2D eigenvalue weighted by molar-refractivity contribution is 0.591. The Bertz CT molecular complexity index is 3020. The Balaban J connectivity index is 1.12. The zero-order valence-electron chi connectivity index (χ0n) is 35.0. The highest BCUT2D eigenvalue weighted by Crippen LogP contribution is 2.55. The Hall–Kier alpha value is -5.29. The highest BCUT2D eigenvalue weighted by atomic mass is 32.0. The molecule has 61 heavy (non-hydrogen) atoms. The van der Waals surface area contributed by atoms with Gasteiger partial charge in [-0.15, -0.1) is 8.93 Å². The van der Waals surface area contributed by atoms with Crippen LogP contribution in [-0.2, 0) is 18.3 Å². The van der Waals surface area contributed by atoms with E-state index in [-0.39, 0.29) is 12.1 Å².